The van der Waals surface area contributed by atoms with Gasteiger partial charge in [0.25, 0.3) is 5.91 Å². The molecule has 3 aromatic rings. The van der Waals surface area contributed by atoms with E-state index in [2.05, 4.69) is 10.4 Å². The van der Waals surface area contributed by atoms with Crippen LogP contribution in [0, 0.1) is 5.82 Å². The van der Waals surface area contributed by atoms with Crippen LogP contribution in [0.5, 0.6) is 0 Å². The first kappa shape index (κ1) is 18.9. The zero-order chi connectivity index (χ0) is 19.6. The van der Waals surface area contributed by atoms with Gasteiger partial charge in [0.15, 0.2) is 5.69 Å². The molecule has 9 heteroatoms. The molecular formula is C18H12ClF4N3O. The second-order valence-electron chi connectivity index (χ2n) is 5.57. The van der Waals surface area contributed by atoms with E-state index in [0.29, 0.717) is 9.70 Å². The van der Waals surface area contributed by atoms with Crippen LogP contribution in [0.1, 0.15) is 21.6 Å². The van der Waals surface area contributed by atoms with Crippen LogP contribution >= 0.6 is 11.6 Å². The lowest BCUT2D eigenvalue weighted by Crippen LogP contribution is -2.26. The third-order valence-electron chi connectivity index (χ3n) is 3.75. The van der Waals surface area contributed by atoms with Crippen LogP contribution in [0.15, 0.2) is 54.7 Å². The molecule has 0 spiro atoms. The number of hydrogen-bond donors (Lipinski definition) is 1. The van der Waals surface area contributed by atoms with Crippen molar-refractivity contribution < 1.29 is 22.4 Å². The minimum Gasteiger partial charge on any atom is -0.348 e. The standard InChI is InChI=1S/C18H12ClF4N3O/c19-12-5-7-13(8-6-12)26-16(18(21,22)23)14(10-25-26)17(27)24-9-11-3-1-2-4-15(11)20/h1-8,10H,9H2,(H,24,27). The van der Waals surface area contributed by atoms with E-state index >= 15 is 0 Å². The predicted molar refractivity (Wildman–Crippen MR) is 91.1 cm³/mol. The number of halogens is 5. The van der Waals surface area contributed by atoms with Crippen molar-refractivity contribution in [2.75, 3.05) is 0 Å². The van der Waals surface area contributed by atoms with Gasteiger partial charge in [-0.3, -0.25) is 4.79 Å². The molecule has 0 unspecified atom stereocenters. The van der Waals surface area contributed by atoms with E-state index in [0.717, 1.165) is 6.20 Å². The second kappa shape index (κ2) is 7.40. The maximum atomic E-state index is 13.6. The fourth-order valence-electron chi connectivity index (χ4n) is 2.48. The SMILES string of the molecule is O=C(NCc1ccccc1F)c1cnn(-c2ccc(Cl)cc2)c1C(F)(F)F. The molecule has 0 aliphatic heterocycles. The summed E-state index contributed by atoms with van der Waals surface area (Å²) in [7, 11) is 0. The number of carbonyl (C=O) groups excluding carboxylic acids is 1. The van der Waals surface area contributed by atoms with Gasteiger partial charge >= 0.3 is 6.18 Å². The lowest BCUT2D eigenvalue weighted by Gasteiger charge is -2.13. The minimum atomic E-state index is -4.83. The van der Waals surface area contributed by atoms with E-state index in [1.807, 2.05) is 0 Å². The molecule has 3 rings (SSSR count). The lowest BCUT2D eigenvalue weighted by molar-refractivity contribution is -0.143. The Kier molecular flexibility index (Phi) is 5.18. The highest BCUT2D eigenvalue weighted by Crippen LogP contribution is 2.33. The van der Waals surface area contributed by atoms with Gasteiger partial charge in [0.1, 0.15) is 5.82 Å². The first-order valence-corrected chi connectivity index (χ1v) is 8.08. The Balaban J connectivity index is 1.92. The molecule has 0 aliphatic rings. The monoisotopic (exact) mass is 397 g/mol. The number of nitrogens with zero attached hydrogens (tertiary/aromatic N) is 2. The lowest BCUT2D eigenvalue weighted by atomic mass is 10.2. The third kappa shape index (κ3) is 4.11. The van der Waals surface area contributed by atoms with Gasteiger partial charge in [0.05, 0.1) is 17.4 Å². The third-order valence-corrected chi connectivity index (χ3v) is 4.00. The molecular weight excluding hydrogens is 386 g/mol. The molecule has 0 fully saturated rings. The summed E-state index contributed by atoms with van der Waals surface area (Å²) in [5.41, 5.74) is -1.63. The molecule has 2 aromatic carbocycles. The van der Waals surface area contributed by atoms with Crippen LogP contribution in [0.3, 0.4) is 0 Å². The van der Waals surface area contributed by atoms with Crippen molar-refractivity contribution in [2.45, 2.75) is 12.7 Å². The molecule has 0 radical (unpaired) electrons. The van der Waals surface area contributed by atoms with Crippen molar-refractivity contribution in [3.63, 3.8) is 0 Å². The molecule has 1 amide bonds. The fraction of sp³-hybridized carbons (Fsp3) is 0.111. The molecule has 1 N–H and O–H groups in total. The number of carbonyl (C=O) groups is 1. The van der Waals surface area contributed by atoms with E-state index in [1.54, 1.807) is 6.07 Å². The predicted octanol–water partition coefficient (Wildman–Crippen LogP) is 4.61. The van der Waals surface area contributed by atoms with Gasteiger partial charge < -0.3 is 5.32 Å². The molecule has 1 aromatic heterocycles. The molecule has 1 heterocycles. The largest absolute Gasteiger partial charge is 0.434 e. The molecule has 27 heavy (non-hydrogen) atoms. The highest BCUT2D eigenvalue weighted by molar-refractivity contribution is 6.30. The number of alkyl halides is 3. The molecule has 0 bridgehead atoms. The Morgan fingerprint density at radius 1 is 1.11 bits per heavy atom. The van der Waals surface area contributed by atoms with Crippen molar-refractivity contribution in [2.24, 2.45) is 0 Å². The van der Waals surface area contributed by atoms with Gasteiger partial charge in [-0.1, -0.05) is 29.8 Å². The Hall–Kier alpha value is -2.87. The molecule has 0 saturated heterocycles. The Morgan fingerprint density at radius 2 is 1.78 bits per heavy atom. The van der Waals surface area contributed by atoms with E-state index in [-0.39, 0.29) is 17.8 Å². The van der Waals surface area contributed by atoms with Gasteiger partial charge in [0.2, 0.25) is 0 Å². The molecule has 140 valence electrons. The van der Waals surface area contributed by atoms with Crippen LogP contribution in [-0.4, -0.2) is 15.7 Å². The summed E-state index contributed by atoms with van der Waals surface area (Å²) in [6.07, 6.45) is -4.01. The summed E-state index contributed by atoms with van der Waals surface area (Å²) in [5.74, 6) is -1.57. The van der Waals surface area contributed by atoms with Crippen LogP contribution in [-0.2, 0) is 12.7 Å². The number of aromatic nitrogens is 2. The first-order chi connectivity index (χ1) is 12.8. The summed E-state index contributed by atoms with van der Waals surface area (Å²) >= 11 is 5.75. The summed E-state index contributed by atoms with van der Waals surface area (Å²) in [6, 6.07) is 11.2. The van der Waals surface area contributed by atoms with Crippen LogP contribution in [0.25, 0.3) is 5.69 Å². The normalized spacial score (nSPS) is 11.4. The molecule has 4 nitrogen and oxygen atoms in total. The highest BCUT2D eigenvalue weighted by Gasteiger charge is 2.40. The number of amides is 1. The first-order valence-electron chi connectivity index (χ1n) is 7.70. The maximum Gasteiger partial charge on any atom is 0.434 e. The van der Waals surface area contributed by atoms with E-state index in [1.165, 1.54) is 42.5 Å². The zero-order valence-electron chi connectivity index (χ0n) is 13.6. The van der Waals surface area contributed by atoms with E-state index in [4.69, 9.17) is 11.6 Å². The van der Waals surface area contributed by atoms with Gasteiger partial charge in [-0.25, -0.2) is 9.07 Å². The topological polar surface area (TPSA) is 46.9 Å². The van der Waals surface area contributed by atoms with Crippen molar-refractivity contribution >= 4 is 17.5 Å². The summed E-state index contributed by atoms with van der Waals surface area (Å²) in [5, 5.41) is 6.33. The van der Waals surface area contributed by atoms with Crippen molar-refractivity contribution in [3.8, 4) is 5.69 Å². The van der Waals surface area contributed by atoms with Crippen LogP contribution in [0.2, 0.25) is 5.02 Å². The summed E-state index contributed by atoms with van der Waals surface area (Å²) in [6.45, 7) is -0.255. The summed E-state index contributed by atoms with van der Waals surface area (Å²) in [4.78, 5) is 12.3. The van der Waals surface area contributed by atoms with E-state index in [9.17, 15) is 22.4 Å². The minimum absolute atomic E-state index is 0.0971. The van der Waals surface area contributed by atoms with Crippen molar-refractivity contribution in [1.82, 2.24) is 15.1 Å². The van der Waals surface area contributed by atoms with Crippen molar-refractivity contribution in [1.29, 1.82) is 0 Å². The molecule has 0 aliphatic carbocycles. The Bertz CT molecular complexity index is 967. The quantitative estimate of drug-likeness (QED) is 0.653. The Morgan fingerprint density at radius 3 is 2.41 bits per heavy atom. The average Bonchev–Trinajstić information content (AvgIpc) is 3.07. The van der Waals surface area contributed by atoms with Crippen LogP contribution < -0.4 is 5.32 Å². The smallest absolute Gasteiger partial charge is 0.348 e. The highest BCUT2D eigenvalue weighted by atomic mass is 35.5. The van der Waals surface area contributed by atoms with Crippen LogP contribution in [0.4, 0.5) is 17.6 Å². The van der Waals surface area contributed by atoms with Gasteiger partial charge in [-0.2, -0.15) is 18.3 Å². The Labute approximate surface area is 156 Å². The van der Waals surface area contributed by atoms with Gasteiger partial charge in [0, 0.05) is 17.1 Å². The van der Waals surface area contributed by atoms with Gasteiger partial charge in [-0.05, 0) is 30.3 Å². The number of rotatable bonds is 4. The maximum absolute atomic E-state index is 13.6. The summed E-state index contributed by atoms with van der Waals surface area (Å²) < 4.78 is 54.9. The molecule has 0 atom stereocenters. The van der Waals surface area contributed by atoms with Crippen molar-refractivity contribution in [3.05, 3.63) is 82.4 Å². The average molecular weight is 398 g/mol. The number of nitrogens with one attached hydrogen (secondary N) is 1. The second-order valence-corrected chi connectivity index (χ2v) is 6.00. The zero-order valence-corrected chi connectivity index (χ0v) is 14.4. The van der Waals surface area contributed by atoms with Gasteiger partial charge in [-0.15, -0.1) is 0 Å². The number of hydrogen-bond acceptors (Lipinski definition) is 2. The number of benzene rings is 2. The fourth-order valence-corrected chi connectivity index (χ4v) is 2.60. The molecule has 0 saturated carbocycles. The van der Waals surface area contributed by atoms with E-state index < -0.39 is 29.2 Å².